The lowest BCUT2D eigenvalue weighted by molar-refractivity contribution is 0.100. The van der Waals surface area contributed by atoms with Crippen LogP contribution in [-0.2, 0) is 6.54 Å². The van der Waals surface area contributed by atoms with Gasteiger partial charge in [-0.2, -0.15) is 5.10 Å². The number of ether oxygens (including phenoxy) is 1. The Kier molecular flexibility index (Phi) is 5.11. The van der Waals surface area contributed by atoms with Crippen molar-refractivity contribution in [2.24, 2.45) is 0 Å². The van der Waals surface area contributed by atoms with Crippen molar-refractivity contribution in [3.8, 4) is 11.6 Å². The molecule has 0 saturated carbocycles. The number of halogens is 2. The first-order chi connectivity index (χ1) is 10.3. The molecule has 118 valence electrons. The molecule has 1 N–H and O–H groups in total. The van der Waals surface area contributed by atoms with Crippen molar-refractivity contribution in [1.82, 2.24) is 9.78 Å². The van der Waals surface area contributed by atoms with Crippen LogP contribution in [0.15, 0.2) is 18.2 Å². The average Bonchev–Trinajstić information content (AvgIpc) is 2.76. The third kappa shape index (κ3) is 3.43. The number of hydrogen-bond acceptors (Lipinski definition) is 4. The summed E-state index contributed by atoms with van der Waals surface area (Å²) in [4.78, 5) is 11.7. The molecule has 0 aliphatic heterocycles. The number of ketones is 1. The van der Waals surface area contributed by atoms with Crippen molar-refractivity contribution < 1.29 is 14.6 Å². The summed E-state index contributed by atoms with van der Waals surface area (Å²) < 4.78 is 7.33. The highest BCUT2D eigenvalue weighted by Gasteiger charge is 2.25. The van der Waals surface area contributed by atoms with Gasteiger partial charge in [0.15, 0.2) is 5.78 Å². The second-order valence-corrected chi connectivity index (χ2v) is 5.70. The van der Waals surface area contributed by atoms with Crippen LogP contribution in [-0.4, -0.2) is 20.7 Å². The summed E-state index contributed by atoms with van der Waals surface area (Å²) in [6, 6.07) is 4.78. The van der Waals surface area contributed by atoms with E-state index in [4.69, 9.17) is 27.9 Å². The van der Waals surface area contributed by atoms with E-state index in [0.29, 0.717) is 33.8 Å². The number of aryl methyl sites for hydroxylation is 1. The van der Waals surface area contributed by atoms with Crippen molar-refractivity contribution in [1.29, 1.82) is 0 Å². The third-order valence-corrected chi connectivity index (χ3v) is 3.48. The molecule has 2 rings (SSSR count). The van der Waals surface area contributed by atoms with Gasteiger partial charge in [-0.05, 0) is 32.0 Å². The molecular formula is C15H16Cl2N2O3. The van der Waals surface area contributed by atoms with E-state index in [1.807, 2.05) is 6.92 Å². The van der Waals surface area contributed by atoms with Crippen molar-refractivity contribution in [3.05, 3.63) is 39.5 Å². The molecular weight excluding hydrogens is 327 g/mol. The van der Waals surface area contributed by atoms with Crippen LogP contribution in [0, 0.1) is 0 Å². The van der Waals surface area contributed by atoms with Crippen LogP contribution in [0.1, 0.15) is 42.9 Å². The summed E-state index contributed by atoms with van der Waals surface area (Å²) >= 11 is 11.9. The number of carbonyl (C=O) groups excluding carboxylic acids is 1. The molecule has 0 aliphatic carbocycles. The van der Waals surface area contributed by atoms with Gasteiger partial charge in [0.1, 0.15) is 11.4 Å². The Bertz CT molecular complexity index is 691. The molecule has 0 amide bonds. The first-order valence-electron chi connectivity index (χ1n) is 6.77. The first-order valence-corrected chi connectivity index (χ1v) is 7.52. The molecule has 0 radical (unpaired) electrons. The molecule has 2 aromatic rings. The third-order valence-electron chi connectivity index (χ3n) is 3.04. The highest BCUT2D eigenvalue weighted by Crippen LogP contribution is 2.35. The quantitative estimate of drug-likeness (QED) is 0.824. The minimum Gasteiger partial charge on any atom is -0.439 e. The Morgan fingerprint density at radius 1 is 1.36 bits per heavy atom. The number of aromatic nitrogens is 2. The van der Waals surface area contributed by atoms with E-state index in [1.54, 1.807) is 25.1 Å². The number of aliphatic hydroxyl groups is 1. The van der Waals surface area contributed by atoms with E-state index in [1.165, 1.54) is 11.6 Å². The largest absolute Gasteiger partial charge is 0.439 e. The molecule has 0 bridgehead atoms. The molecule has 0 aliphatic rings. The summed E-state index contributed by atoms with van der Waals surface area (Å²) in [6.07, 6.45) is -0.899. The highest BCUT2D eigenvalue weighted by molar-refractivity contribution is 6.34. The SMILES string of the molecule is CCn1nc(C(C)=O)c([C@@H](C)O)c1Oc1cc(Cl)cc(Cl)c1. The number of rotatable bonds is 5. The fourth-order valence-electron chi connectivity index (χ4n) is 2.12. The zero-order valence-corrected chi connectivity index (χ0v) is 13.9. The summed E-state index contributed by atoms with van der Waals surface area (Å²) in [5.74, 6) is 0.474. The number of nitrogens with zero attached hydrogens (tertiary/aromatic N) is 2. The van der Waals surface area contributed by atoms with Gasteiger partial charge in [0.05, 0.1) is 11.7 Å². The van der Waals surface area contributed by atoms with Gasteiger partial charge in [-0.1, -0.05) is 23.2 Å². The fraction of sp³-hybridized carbons (Fsp3) is 0.333. The zero-order chi connectivity index (χ0) is 16.4. The zero-order valence-electron chi connectivity index (χ0n) is 12.4. The van der Waals surface area contributed by atoms with Gasteiger partial charge in [-0.3, -0.25) is 4.79 Å². The van der Waals surface area contributed by atoms with Crippen molar-refractivity contribution in [3.63, 3.8) is 0 Å². The second kappa shape index (κ2) is 6.69. The van der Waals surface area contributed by atoms with Gasteiger partial charge in [-0.25, -0.2) is 4.68 Å². The van der Waals surface area contributed by atoms with Crippen LogP contribution in [0.4, 0.5) is 0 Å². The van der Waals surface area contributed by atoms with Crippen molar-refractivity contribution in [2.75, 3.05) is 0 Å². The molecule has 0 saturated heterocycles. The van der Waals surface area contributed by atoms with E-state index in [9.17, 15) is 9.90 Å². The Morgan fingerprint density at radius 2 is 1.95 bits per heavy atom. The second-order valence-electron chi connectivity index (χ2n) is 4.82. The van der Waals surface area contributed by atoms with Crippen LogP contribution >= 0.6 is 23.2 Å². The van der Waals surface area contributed by atoms with Crippen LogP contribution in [0.25, 0.3) is 0 Å². The number of Topliss-reactive ketones (excluding diaryl/α,β-unsaturated/α-hetero) is 1. The maximum Gasteiger partial charge on any atom is 0.224 e. The molecule has 0 fully saturated rings. The Hall–Kier alpha value is -1.56. The lowest BCUT2D eigenvalue weighted by atomic mass is 10.1. The maximum atomic E-state index is 11.7. The summed E-state index contributed by atoms with van der Waals surface area (Å²) in [5, 5.41) is 15.1. The Balaban J connectivity index is 2.55. The minimum absolute atomic E-state index is 0.194. The van der Waals surface area contributed by atoms with E-state index in [-0.39, 0.29) is 11.5 Å². The molecule has 1 aromatic heterocycles. The van der Waals surface area contributed by atoms with Gasteiger partial charge in [0.2, 0.25) is 5.88 Å². The molecule has 1 aromatic carbocycles. The van der Waals surface area contributed by atoms with Gasteiger partial charge in [0.25, 0.3) is 0 Å². The van der Waals surface area contributed by atoms with Gasteiger partial charge >= 0.3 is 0 Å². The van der Waals surface area contributed by atoms with Crippen LogP contribution in [0.3, 0.4) is 0 Å². The van der Waals surface area contributed by atoms with Crippen LogP contribution in [0.5, 0.6) is 11.6 Å². The molecule has 0 spiro atoms. The molecule has 1 atom stereocenters. The van der Waals surface area contributed by atoms with Crippen molar-refractivity contribution in [2.45, 2.75) is 33.4 Å². The smallest absolute Gasteiger partial charge is 0.224 e. The summed E-state index contributed by atoms with van der Waals surface area (Å²) in [6.45, 7) is 5.30. The molecule has 1 heterocycles. The summed E-state index contributed by atoms with van der Waals surface area (Å²) in [7, 11) is 0. The van der Waals surface area contributed by atoms with Gasteiger partial charge < -0.3 is 9.84 Å². The first kappa shape index (κ1) is 16.8. The number of hydrogen-bond donors (Lipinski definition) is 1. The van der Waals surface area contributed by atoms with Crippen molar-refractivity contribution >= 4 is 29.0 Å². The van der Waals surface area contributed by atoms with Crippen LogP contribution in [0.2, 0.25) is 10.0 Å². The standard InChI is InChI=1S/C15H16Cl2N2O3/c1-4-19-15(13(8(2)20)14(18-19)9(3)21)22-12-6-10(16)5-11(17)7-12/h5-8,20H,4H2,1-3H3/t8-/m1/s1. The number of aliphatic hydroxyl groups excluding tert-OH is 1. The fourth-order valence-corrected chi connectivity index (χ4v) is 2.62. The van der Waals surface area contributed by atoms with E-state index in [2.05, 4.69) is 5.10 Å². The molecule has 5 nitrogen and oxygen atoms in total. The Labute approximate surface area is 138 Å². The number of benzene rings is 1. The molecule has 0 unspecified atom stereocenters. The summed E-state index contributed by atoms with van der Waals surface area (Å²) in [5.41, 5.74) is 0.547. The van der Waals surface area contributed by atoms with E-state index >= 15 is 0 Å². The lowest BCUT2D eigenvalue weighted by Crippen LogP contribution is -2.02. The van der Waals surface area contributed by atoms with E-state index in [0.717, 1.165) is 0 Å². The minimum atomic E-state index is -0.899. The Morgan fingerprint density at radius 3 is 2.41 bits per heavy atom. The number of carbonyl (C=O) groups is 1. The topological polar surface area (TPSA) is 64.4 Å². The monoisotopic (exact) mass is 342 g/mol. The van der Waals surface area contributed by atoms with Gasteiger partial charge in [0, 0.05) is 23.5 Å². The van der Waals surface area contributed by atoms with Crippen LogP contribution < -0.4 is 4.74 Å². The van der Waals surface area contributed by atoms with E-state index < -0.39 is 6.10 Å². The normalized spacial score (nSPS) is 12.3. The lowest BCUT2D eigenvalue weighted by Gasteiger charge is -2.12. The van der Waals surface area contributed by atoms with Gasteiger partial charge in [-0.15, -0.1) is 0 Å². The molecule has 7 heteroatoms. The molecule has 22 heavy (non-hydrogen) atoms. The average molecular weight is 343 g/mol. The highest BCUT2D eigenvalue weighted by atomic mass is 35.5. The predicted molar refractivity (Wildman–Crippen MR) is 85.1 cm³/mol. The maximum absolute atomic E-state index is 11.7. The predicted octanol–water partition coefficient (Wildman–Crippen LogP) is 4.26.